The Kier molecular flexibility index (Phi) is 6.82. The number of rotatable bonds is 3. The molecule has 21 heavy (non-hydrogen) atoms. The number of nitrogens with one attached hydrogen (secondary N) is 1. The lowest BCUT2D eigenvalue weighted by molar-refractivity contribution is -0.137. The van der Waals surface area contributed by atoms with E-state index in [4.69, 9.17) is 17.3 Å². The number of aliphatic hydroxyl groups excluding tert-OH is 1. The fraction of sp³-hybridized carbons (Fsp3) is 0.538. The van der Waals surface area contributed by atoms with Crippen LogP contribution in [0.5, 0.6) is 0 Å². The van der Waals surface area contributed by atoms with E-state index < -0.39 is 23.5 Å². The van der Waals surface area contributed by atoms with Crippen molar-refractivity contribution in [1.29, 1.82) is 0 Å². The van der Waals surface area contributed by atoms with E-state index >= 15 is 0 Å². The largest absolute Gasteiger partial charge is 0.418 e. The summed E-state index contributed by atoms with van der Waals surface area (Å²) in [4.78, 5) is 0. The third-order valence-corrected chi connectivity index (χ3v) is 2.98. The third-order valence-electron chi connectivity index (χ3n) is 2.67. The maximum Gasteiger partial charge on any atom is 0.418 e. The highest BCUT2D eigenvalue weighted by Gasteiger charge is 2.34. The molecule has 0 bridgehead atoms. The summed E-state index contributed by atoms with van der Waals surface area (Å²) in [7, 11) is 0. The summed E-state index contributed by atoms with van der Waals surface area (Å²) >= 11 is 5.70. The van der Waals surface area contributed by atoms with Gasteiger partial charge in [-0.3, -0.25) is 0 Å². The average Bonchev–Trinajstić information content (AvgIpc) is 2.26. The Labute approximate surface area is 133 Å². The molecule has 1 atom stereocenters. The normalized spacial score (nSPS) is 13.7. The van der Waals surface area contributed by atoms with Crippen molar-refractivity contribution in [2.45, 2.75) is 38.6 Å². The smallest absolute Gasteiger partial charge is 0.397 e. The molecule has 1 aromatic carbocycles. The molecule has 122 valence electrons. The van der Waals surface area contributed by atoms with Crippen molar-refractivity contribution in [3.63, 3.8) is 0 Å². The molecule has 0 fully saturated rings. The highest BCUT2D eigenvalue weighted by molar-refractivity contribution is 6.33. The first-order chi connectivity index (χ1) is 8.92. The summed E-state index contributed by atoms with van der Waals surface area (Å²) in [6.45, 7) is 5.77. The summed E-state index contributed by atoms with van der Waals surface area (Å²) in [5, 5.41) is 12.7. The number of nitrogen functional groups attached to an aromatic ring is 1. The Morgan fingerprint density at radius 1 is 1.29 bits per heavy atom. The minimum atomic E-state index is -4.61. The van der Waals surface area contributed by atoms with Crippen molar-refractivity contribution in [2.24, 2.45) is 0 Å². The monoisotopic (exact) mass is 346 g/mol. The summed E-state index contributed by atoms with van der Waals surface area (Å²) in [5.41, 5.74) is 3.59. The molecule has 0 amide bonds. The van der Waals surface area contributed by atoms with Crippen molar-refractivity contribution >= 4 is 29.7 Å². The van der Waals surface area contributed by atoms with Gasteiger partial charge in [-0.15, -0.1) is 12.4 Å². The third kappa shape index (κ3) is 5.90. The van der Waals surface area contributed by atoms with E-state index in [0.717, 1.165) is 6.07 Å². The van der Waals surface area contributed by atoms with Crippen LogP contribution < -0.4 is 11.1 Å². The number of benzene rings is 1. The van der Waals surface area contributed by atoms with Gasteiger partial charge in [-0.2, -0.15) is 13.2 Å². The van der Waals surface area contributed by atoms with Gasteiger partial charge in [0, 0.05) is 12.1 Å². The van der Waals surface area contributed by atoms with Gasteiger partial charge in [0.1, 0.15) is 0 Å². The lowest BCUT2D eigenvalue weighted by Gasteiger charge is -2.23. The molecule has 0 radical (unpaired) electrons. The van der Waals surface area contributed by atoms with Crippen LogP contribution >= 0.6 is 24.0 Å². The zero-order chi connectivity index (χ0) is 15.7. The SMILES string of the molecule is CC(C)(C)NC[C@H](O)c1cc(Cl)c(N)c(C(F)(F)F)c1.Cl. The van der Waals surface area contributed by atoms with Crippen LogP contribution in [0.4, 0.5) is 18.9 Å². The van der Waals surface area contributed by atoms with Crippen LogP contribution in [0.1, 0.15) is 38.0 Å². The standard InChI is InChI=1S/C13H18ClF3N2O.ClH/c1-12(2,3)19-6-10(20)7-4-8(13(15,16)17)11(18)9(14)5-7;/h4-5,10,19-20H,6,18H2,1-3H3;1H/t10-;/m0./s1. The Balaban J connectivity index is 0.00000400. The molecule has 1 aromatic rings. The second-order valence-electron chi connectivity index (χ2n) is 5.61. The molecule has 0 aliphatic heterocycles. The number of hydrogen-bond acceptors (Lipinski definition) is 3. The van der Waals surface area contributed by atoms with Crippen LogP contribution in [0.25, 0.3) is 0 Å². The molecule has 1 rings (SSSR count). The molecule has 0 saturated heterocycles. The van der Waals surface area contributed by atoms with E-state index in [1.54, 1.807) is 0 Å². The zero-order valence-electron chi connectivity index (χ0n) is 11.9. The highest BCUT2D eigenvalue weighted by Crippen LogP contribution is 2.38. The van der Waals surface area contributed by atoms with Gasteiger partial charge in [0.25, 0.3) is 0 Å². The fourth-order valence-electron chi connectivity index (χ4n) is 1.59. The first kappa shape index (κ1) is 20.3. The van der Waals surface area contributed by atoms with E-state index in [0.29, 0.717) is 0 Å². The van der Waals surface area contributed by atoms with E-state index in [1.165, 1.54) is 6.07 Å². The summed E-state index contributed by atoms with van der Waals surface area (Å²) in [5.74, 6) is 0. The van der Waals surface area contributed by atoms with Crippen molar-refractivity contribution < 1.29 is 18.3 Å². The van der Waals surface area contributed by atoms with Gasteiger partial charge in [-0.1, -0.05) is 11.6 Å². The molecule has 0 heterocycles. The van der Waals surface area contributed by atoms with Gasteiger partial charge < -0.3 is 16.2 Å². The van der Waals surface area contributed by atoms with Crippen LogP contribution in [0.3, 0.4) is 0 Å². The van der Waals surface area contributed by atoms with Gasteiger partial charge >= 0.3 is 6.18 Å². The quantitative estimate of drug-likeness (QED) is 0.730. The van der Waals surface area contributed by atoms with Gasteiger partial charge in [-0.25, -0.2) is 0 Å². The van der Waals surface area contributed by atoms with Gasteiger partial charge in [0.2, 0.25) is 0 Å². The lowest BCUT2D eigenvalue weighted by atomic mass is 10.0. The number of anilines is 1. The average molecular weight is 347 g/mol. The van der Waals surface area contributed by atoms with Crippen LogP contribution in [0, 0.1) is 0 Å². The van der Waals surface area contributed by atoms with Crippen molar-refractivity contribution in [1.82, 2.24) is 5.32 Å². The van der Waals surface area contributed by atoms with Crippen molar-refractivity contribution in [3.05, 3.63) is 28.3 Å². The number of β-amino-alcohol motifs (C(OH)–C–C–N with tert-alkyl or cyclic N) is 1. The molecule has 0 saturated carbocycles. The van der Waals surface area contributed by atoms with Crippen LogP contribution in [-0.2, 0) is 6.18 Å². The van der Waals surface area contributed by atoms with Crippen molar-refractivity contribution in [2.75, 3.05) is 12.3 Å². The molecule has 0 aliphatic carbocycles. The first-order valence-corrected chi connectivity index (χ1v) is 6.39. The van der Waals surface area contributed by atoms with E-state index in [9.17, 15) is 18.3 Å². The fourth-order valence-corrected chi connectivity index (χ4v) is 1.81. The highest BCUT2D eigenvalue weighted by atomic mass is 35.5. The molecular weight excluding hydrogens is 328 g/mol. The second kappa shape index (κ2) is 7.05. The molecule has 0 unspecified atom stereocenters. The summed E-state index contributed by atoms with van der Waals surface area (Å²) in [6, 6.07) is 2.08. The Hall–Kier alpha value is -0.690. The maximum absolute atomic E-state index is 12.8. The molecule has 8 heteroatoms. The van der Waals surface area contributed by atoms with E-state index in [-0.39, 0.29) is 35.1 Å². The predicted molar refractivity (Wildman–Crippen MR) is 80.8 cm³/mol. The topological polar surface area (TPSA) is 58.3 Å². The second-order valence-corrected chi connectivity index (χ2v) is 6.02. The minimum absolute atomic E-state index is 0. The van der Waals surface area contributed by atoms with Crippen molar-refractivity contribution in [3.8, 4) is 0 Å². The zero-order valence-corrected chi connectivity index (χ0v) is 13.5. The minimum Gasteiger partial charge on any atom is -0.397 e. The Morgan fingerprint density at radius 2 is 1.81 bits per heavy atom. The lowest BCUT2D eigenvalue weighted by Crippen LogP contribution is -2.38. The van der Waals surface area contributed by atoms with Gasteiger partial charge in [-0.05, 0) is 38.5 Å². The molecular formula is C13H19Cl2F3N2O. The molecule has 0 aromatic heterocycles. The van der Waals surface area contributed by atoms with Crippen LogP contribution in [-0.4, -0.2) is 17.2 Å². The summed E-state index contributed by atoms with van der Waals surface area (Å²) in [6.07, 6.45) is -5.71. The Bertz CT molecular complexity index is 488. The molecule has 0 aliphatic rings. The van der Waals surface area contributed by atoms with Gasteiger partial charge in [0.05, 0.1) is 22.4 Å². The maximum atomic E-state index is 12.8. The van der Waals surface area contributed by atoms with Crippen LogP contribution in [0.2, 0.25) is 5.02 Å². The van der Waals surface area contributed by atoms with Crippen LogP contribution in [0.15, 0.2) is 12.1 Å². The molecule has 3 nitrogen and oxygen atoms in total. The molecule has 4 N–H and O–H groups in total. The summed E-state index contributed by atoms with van der Waals surface area (Å²) < 4.78 is 38.4. The number of nitrogens with two attached hydrogens (primary N) is 1. The first-order valence-electron chi connectivity index (χ1n) is 6.01. The number of alkyl halides is 3. The number of hydrogen-bond donors (Lipinski definition) is 3. The Morgan fingerprint density at radius 3 is 2.24 bits per heavy atom. The van der Waals surface area contributed by atoms with Gasteiger partial charge in [0.15, 0.2) is 0 Å². The predicted octanol–water partition coefficient (Wildman–Crippen LogP) is 3.78. The number of halogens is 5. The molecule has 0 spiro atoms. The van der Waals surface area contributed by atoms with E-state index in [1.807, 2.05) is 20.8 Å². The number of aliphatic hydroxyl groups is 1. The van der Waals surface area contributed by atoms with E-state index in [2.05, 4.69) is 5.32 Å².